The molecule has 0 unspecified atom stereocenters. The lowest BCUT2D eigenvalue weighted by atomic mass is 10.1. The Bertz CT molecular complexity index is 200. The maximum Gasteiger partial charge on any atom is 0.239 e. The van der Waals surface area contributed by atoms with E-state index in [2.05, 4.69) is 13.8 Å². The topological polar surface area (TPSA) is 46.3 Å². The number of likely N-dealkylation sites (N-methyl/N-ethyl adjacent to an activating group) is 1. The van der Waals surface area contributed by atoms with Gasteiger partial charge in [0.15, 0.2) is 0 Å². The maximum atomic E-state index is 12.1. The summed E-state index contributed by atoms with van der Waals surface area (Å²) in [6.07, 6.45) is 6.64. The van der Waals surface area contributed by atoms with Crippen molar-refractivity contribution < 1.29 is 4.79 Å². The predicted molar refractivity (Wildman–Crippen MR) is 62.5 cm³/mol. The quantitative estimate of drug-likeness (QED) is 0.756. The first-order chi connectivity index (χ1) is 7.20. The van der Waals surface area contributed by atoms with Gasteiger partial charge in [0.25, 0.3) is 0 Å². The lowest BCUT2D eigenvalue weighted by Gasteiger charge is -2.30. The molecule has 2 N–H and O–H groups in total. The van der Waals surface area contributed by atoms with Crippen LogP contribution in [0.4, 0.5) is 0 Å². The number of nitrogens with zero attached hydrogens (tertiary/aromatic N) is 1. The standard InChI is InChI=1S/C12H24N2O/c1-3-7-11(13)12(15)14(4-2)10-8-5-6-9-10/h10-11H,3-9,13H2,1-2H3/t11-/m1/s1. The van der Waals surface area contributed by atoms with E-state index in [1.165, 1.54) is 25.7 Å². The Morgan fingerprint density at radius 3 is 2.47 bits per heavy atom. The Hall–Kier alpha value is -0.570. The summed E-state index contributed by atoms with van der Waals surface area (Å²) in [6.45, 7) is 4.93. The van der Waals surface area contributed by atoms with Gasteiger partial charge in [-0.05, 0) is 26.2 Å². The highest BCUT2D eigenvalue weighted by Gasteiger charge is 2.27. The first-order valence-corrected chi connectivity index (χ1v) is 6.26. The average Bonchev–Trinajstić information content (AvgIpc) is 2.72. The Labute approximate surface area is 93.0 Å². The minimum atomic E-state index is -0.282. The molecule has 88 valence electrons. The molecule has 0 bridgehead atoms. The summed E-state index contributed by atoms with van der Waals surface area (Å²) >= 11 is 0. The Balaban J connectivity index is 2.52. The van der Waals surface area contributed by atoms with Crippen LogP contribution < -0.4 is 5.73 Å². The molecule has 0 aromatic heterocycles. The summed E-state index contributed by atoms with van der Waals surface area (Å²) in [5, 5.41) is 0. The van der Waals surface area contributed by atoms with E-state index in [0.717, 1.165) is 19.4 Å². The van der Waals surface area contributed by atoms with Gasteiger partial charge < -0.3 is 10.6 Å². The van der Waals surface area contributed by atoms with Crippen molar-refractivity contribution in [2.24, 2.45) is 5.73 Å². The van der Waals surface area contributed by atoms with E-state index >= 15 is 0 Å². The Morgan fingerprint density at radius 2 is 2.00 bits per heavy atom. The molecule has 0 aliphatic heterocycles. The molecule has 3 nitrogen and oxygen atoms in total. The van der Waals surface area contributed by atoms with Crippen LogP contribution in [0, 0.1) is 0 Å². The zero-order valence-electron chi connectivity index (χ0n) is 10.0. The summed E-state index contributed by atoms with van der Waals surface area (Å²) in [4.78, 5) is 14.0. The van der Waals surface area contributed by atoms with Gasteiger partial charge in [-0.1, -0.05) is 26.2 Å². The summed E-state index contributed by atoms with van der Waals surface area (Å²) in [6, 6.07) is 0.181. The predicted octanol–water partition coefficient (Wildman–Crippen LogP) is 1.90. The average molecular weight is 212 g/mol. The maximum absolute atomic E-state index is 12.1. The van der Waals surface area contributed by atoms with Crippen molar-refractivity contribution >= 4 is 5.91 Å². The van der Waals surface area contributed by atoms with Crippen molar-refractivity contribution in [2.75, 3.05) is 6.54 Å². The van der Waals surface area contributed by atoms with Gasteiger partial charge in [0.2, 0.25) is 5.91 Å². The van der Waals surface area contributed by atoms with E-state index in [1.807, 2.05) is 4.90 Å². The molecule has 0 aromatic carbocycles. The third kappa shape index (κ3) is 3.20. The molecule has 0 heterocycles. The Morgan fingerprint density at radius 1 is 1.40 bits per heavy atom. The minimum Gasteiger partial charge on any atom is -0.339 e. The van der Waals surface area contributed by atoms with Gasteiger partial charge in [-0.25, -0.2) is 0 Å². The third-order valence-corrected chi connectivity index (χ3v) is 3.31. The van der Waals surface area contributed by atoms with E-state index in [4.69, 9.17) is 5.73 Å². The molecular formula is C12H24N2O. The molecule has 0 radical (unpaired) electrons. The molecule has 15 heavy (non-hydrogen) atoms. The van der Waals surface area contributed by atoms with Crippen LogP contribution in [0.25, 0.3) is 0 Å². The van der Waals surface area contributed by atoms with Crippen molar-refractivity contribution in [2.45, 2.75) is 64.5 Å². The second-order valence-corrected chi connectivity index (χ2v) is 4.46. The number of hydrogen-bond acceptors (Lipinski definition) is 2. The van der Waals surface area contributed by atoms with E-state index < -0.39 is 0 Å². The van der Waals surface area contributed by atoms with Gasteiger partial charge in [0.05, 0.1) is 6.04 Å². The summed E-state index contributed by atoms with van der Waals surface area (Å²) in [7, 11) is 0. The monoisotopic (exact) mass is 212 g/mol. The smallest absolute Gasteiger partial charge is 0.239 e. The fourth-order valence-electron chi connectivity index (χ4n) is 2.46. The van der Waals surface area contributed by atoms with E-state index in [9.17, 15) is 4.79 Å². The normalized spacial score (nSPS) is 19.1. The number of carbonyl (C=O) groups is 1. The van der Waals surface area contributed by atoms with Crippen LogP contribution in [-0.2, 0) is 4.79 Å². The summed E-state index contributed by atoms with van der Waals surface area (Å²) in [5.74, 6) is 0.159. The highest BCUT2D eigenvalue weighted by atomic mass is 16.2. The van der Waals surface area contributed by atoms with Crippen molar-refractivity contribution in [1.29, 1.82) is 0 Å². The number of rotatable bonds is 5. The first-order valence-electron chi connectivity index (χ1n) is 6.26. The minimum absolute atomic E-state index is 0.159. The van der Waals surface area contributed by atoms with Crippen LogP contribution in [-0.4, -0.2) is 29.4 Å². The van der Waals surface area contributed by atoms with Crippen LogP contribution in [0.3, 0.4) is 0 Å². The largest absolute Gasteiger partial charge is 0.339 e. The van der Waals surface area contributed by atoms with Gasteiger partial charge in [0.1, 0.15) is 0 Å². The molecule has 1 aliphatic rings. The van der Waals surface area contributed by atoms with Gasteiger partial charge in [-0.15, -0.1) is 0 Å². The Kier molecular flexibility index (Phi) is 5.09. The molecule has 3 heteroatoms. The molecule has 1 atom stereocenters. The van der Waals surface area contributed by atoms with Crippen LogP contribution in [0.2, 0.25) is 0 Å². The van der Waals surface area contributed by atoms with Crippen LogP contribution in [0.5, 0.6) is 0 Å². The number of amides is 1. The molecule has 1 saturated carbocycles. The number of hydrogen-bond donors (Lipinski definition) is 1. The van der Waals surface area contributed by atoms with Crippen molar-refractivity contribution in [3.05, 3.63) is 0 Å². The highest BCUT2D eigenvalue weighted by molar-refractivity contribution is 5.81. The van der Waals surface area contributed by atoms with Gasteiger partial charge >= 0.3 is 0 Å². The van der Waals surface area contributed by atoms with Gasteiger partial charge in [-0.3, -0.25) is 4.79 Å². The van der Waals surface area contributed by atoms with Crippen LogP contribution in [0.1, 0.15) is 52.4 Å². The molecular weight excluding hydrogens is 188 g/mol. The second-order valence-electron chi connectivity index (χ2n) is 4.46. The molecule has 0 saturated heterocycles. The second kappa shape index (κ2) is 6.11. The third-order valence-electron chi connectivity index (χ3n) is 3.31. The van der Waals surface area contributed by atoms with Crippen LogP contribution >= 0.6 is 0 Å². The van der Waals surface area contributed by atoms with Crippen molar-refractivity contribution in [3.8, 4) is 0 Å². The van der Waals surface area contributed by atoms with Gasteiger partial charge in [0, 0.05) is 12.6 Å². The highest BCUT2D eigenvalue weighted by Crippen LogP contribution is 2.23. The molecule has 1 fully saturated rings. The summed E-state index contributed by atoms with van der Waals surface area (Å²) in [5.41, 5.74) is 5.88. The molecule has 1 amide bonds. The van der Waals surface area contributed by atoms with E-state index in [-0.39, 0.29) is 11.9 Å². The van der Waals surface area contributed by atoms with Gasteiger partial charge in [-0.2, -0.15) is 0 Å². The lowest BCUT2D eigenvalue weighted by Crippen LogP contribution is -2.47. The van der Waals surface area contributed by atoms with Crippen molar-refractivity contribution in [3.63, 3.8) is 0 Å². The molecule has 0 spiro atoms. The van der Waals surface area contributed by atoms with E-state index in [0.29, 0.717) is 6.04 Å². The number of nitrogens with two attached hydrogens (primary N) is 1. The molecule has 1 aliphatic carbocycles. The fraction of sp³-hybridized carbons (Fsp3) is 0.917. The van der Waals surface area contributed by atoms with Crippen molar-refractivity contribution in [1.82, 2.24) is 4.90 Å². The zero-order valence-corrected chi connectivity index (χ0v) is 10.0. The zero-order chi connectivity index (χ0) is 11.3. The molecule has 0 aromatic rings. The fourth-order valence-corrected chi connectivity index (χ4v) is 2.46. The van der Waals surface area contributed by atoms with E-state index in [1.54, 1.807) is 0 Å². The molecule has 1 rings (SSSR count). The number of carbonyl (C=O) groups excluding carboxylic acids is 1. The SMILES string of the molecule is CCC[C@@H](N)C(=O)N(CC)C1CCCC1. The lowest BCUT2D eigenvalue weighted by molar-refractivity contribution is -0.134. The van der Waals surface area contributed by atoms with Crippen LogP contribution in [0.15, 0.2) is 0 Å². The first kappa shape index (κ1) is 12.5. The summed E-state index contributed by atoms with van der Waals surface area (Å²) < 4.78 is 0.